The zero-order valence-corrected chi connectivity index (χ0v) is 22.2. The lowest BCUT2D eigenvalue weighted by molar-refractivity contribution is 0.600. The molecule has 2 aromatic heterocycles. The zero-order chi connectivity index (χ0) is 27.6. The van der Waals surface area contributed by atoms with Gasteiger partial charge in [0.15, 0.2) is 5.69 Å². The molecule has 0 saturated carbocycles. The molecule has 0 amide bonds. The number of para-hydroxylation sites is 1. The van der Waals surface area contributed by atoms with E-state index in [1.54, 1.807) is 37.3 Å². The van der Waals surface area contributed by atoms with Crippen LogP contribution in [0, 0.1) is 6.92 Å². The lowest BCUT2D eigenvalue weighted by Crippen LogP contribution is -2.15. The summed E-state index contributed by atoms with van der Waals surface area (Å²) in [6.07, 6.45) is 1.51. The Labute approximate surface area is 229 Å². The number of H-pyrrole nitrogens is 1. The molecule has 0 aliphatic rings. The van der Waals surface area contributed by atoms with Gasteiger partial charge in [-0.15, -0.1) is 5.11 Å². The molecule has 0 spiro atoms. The van der Waals surface area contributed by atoms with Crippen LogP contribution >= 0.6 is 11.6 Å². The first-order valence-corrected chi connectivity index (χ1v) is 13.5. The van der Waals surface area contributed by atoms with E-state index in [2.05, 4.69) is 31.7 Å². The molecule has 2 N–H and O–H groups in total. The first kappa shape index (κ1) is 25.9. The highest BCUT2D eigenvalue weighted by Crippen LogP contribution is 2.24. The predicted molar refractivity (Wildman–Crippen MR) is 151 cm³/mol. The molecule has 0 aliphatic heterocycles. The molecule has 0 radical (unpaired) electrons. The number of aryl methyl sites for hydroxylation is 1. The van der Waals surface area contributed by atoms with E-state index in [1.165, 1.54) is 39.8 Å². The molecule has 0 bridgehead atoms. The van der Waals surface area contributed by atoms with Crippen molar-refractivity contribution in [2.75, 3.05) is 4.72 Å². The second kappa shape index (κ2) is 10.6. The molecule has 0 aliphatic carbocycles. The normalized spacial score (nSPS) is 11.6. The third kappa shape index (κ3) is 5.44. The van der Waals surface area contributed by atoms with Crippen molar-refractivity contribution >= 4 is 44.5 Å². The van der Waals surface area contributed by atoms with Crippen LogP contribution in [0.15, 0.2) is 118 Å². The number of halogens is 1. The van der Waals surface area contributed by atoms with Gasteiger partial charge in [0, 0.05) is 11.1 Å². The van der Waals surface area contributed by atoms with Crippen molar-refractivity contribution in [1.29, 1.82) is 0 Å². The van der Waals surface area contributed by atoms with E-state index in [4.69, 9.17) is 11.6 Å². The fourth-order valence-corrected chi connectivity index (χ4v) is 4.94. The van der Waals surface area contributed by atoms with Gasteiger partial charge in [-0.2, -0.15) is 10.2 Å². The maximum atomic E-state index is 13.0. The molecule has 2 heterocycles. The Bertz CT molecular complexity index is 1840. The second-order valence-electron chi connectivity index (χ2n) is 8.44. The molecule has 3 aromatic carbocycles. The van der Waals surface area contributed by atoms with Gasteiger partial charge in [-0.1, -0.05) is 48.5 Å². The summed E-state index contributed by atoms with van der Waals surface area (Å²) in [6.45, 7) is 5.69. The van der Waals surface area contributed by atoms with Crippen LogP contribution in [0.25, 0.3) is 11.4 Å². The van der Waals surface area contributed by atoms with Gasteiger partial charge < -0.3 is 0 Å². The molecular formula is C27H22ClN7O3S. The van der Waals surface area contributed by atoms with Gasteiger partial charge in [-0.05, 0) is 61.0 Å². The summed E-state index contributed by atoms with van der Waals surface area (Å²) in [6, 6.07) is 23.5. The van der Waals surface area contributed by atoms with Crippen LogP contribution < -0.4 is 10.3 Å². The van der Waals surface area contributed by atoms with Crippen molar-refractivity contribution < 1.29 is 8.42 Å². The second-order valence-corrected chi connectivity index (χ2v) is 10.6. The molecular weight excluding hydrogens is 538 g/mol. The number of aromatic amines is 1. The fourth-order valence-electron chi connectivity index (χ4n) is 3.77. The van der Waals surface area contributed by atoms with Crippen LogP contribution in [0.1, 0.15) is 11.3 Å². The van der Waals surface area contributed by atoms with Gasteiger partial charge in [0.1, 0.15) is 5.82 Å². The molecule has 5 aromatic rings. The summed E-state index contributed by atoms with van der Waals surface area (Å²) in [5, 5.41) is 16.0. The highest BCUT2D eigenvalue weighted by molar-refractivity contribution is 7.92. The Hall–Kier alpha value is -4.74. The lowest BCUT2D eigenvalue weighted by atomic mass is 10.2. The minimum atomic E-state index is -3.91. The number of nitrogens with one attached hydrogen (secondary N) is 2. The van der Waals surface area contributed by atoms with Crippen molar-refractivity contribution in [3.8, 4) is 5.69 Å². The van der Waals surface area contributed by atoms with E-state index in [0.29, 0.717) is 39.2 Å². The minimum Gasteiger partial charge on any atom is -0.293 e. The molecule has 0 atom stereocenters. The van der Waals surface area contributed by atoms with Crippen molar-refractivity contribution in [2.45, 2.75) is 11.8 Å². The Kier molecular flexibility index (Phi) is 7.01. The van der Waals surface area contributed by atoms with Crippen molar-refractivity contribution in [3.05, 3.63) is 124 Å². The summed E-state index contributed by atoms with van der Waals surface area (Å²) in [4.78, 5) is 13.0. The van der Waals surface area contributed by atoms with E-state index >= 15 is 0 Å². The van der Waals surface area contributed by atoms with Crippen LogP contribution in [0.2, 0.25) is 5.02 Å². The molecule has 39 heavy (non-hydrogen) atoms. The number of sulfonamides is 1. The van der Waals surface area contributed by atoms with Crippen LogP contribution in [0.4, 0.5) is 17.2 Å². The van der Waals surface area contributed by atoms with E-state index in [9.17, 15) is 13.2 Å². The van der Waals surface area contributed by atoms with Gasteiger partial charge in [0.05, 0.1) is 33.9 Å². The first-order valence-electron chi connectivity index (χ1n) is 11.6. The number of rotatable bonds is 8. The third-order valence-corrected chi connectivity index (χ3v) is 7.41. The van der Waals surface area contributed by atoms with E-state index < -0.39 is 15.6 Å². The first-order chi connectivity index (χ1) is 18.7. The van der Waals surface area contributed by atoms with Gasteiger partial charge in [-0.3, -0.25) is 14.6 Å². The Morgan fingerprint density at radius 3 is 2.36 bits per heavy atom. The van der Waals surface area contributed by atoms with Crippen molar-refractivity contribution in [2.24, 2.45) is 10.2 Å². The molecule has 12 heteroatoms. The summed E-state index contributed by atoms with van der Waals surface area (Å²) >= 11 is 5.94. The maximum absolute atomic E-state index is 13.0. The monoisotopic (exact) mass is 559 g/mol. The van der Waals surface area contributed by atoms with Crippen molar-refractivity contribution in [1.82, 2.24) is 19.6 Å². The maximum Gasteiger partial charge on any atom is 0.299 e. The average molecular weight is 560 g/mol. The summed E-state index contributed by atoms with van der Waals surface area (Å²) in [5.74, 6) is 0.296. The number of hydrogen-bond donors (Lipinski definition) is 2. The standard InChI is InChI=1S/C27H22ClN7O3S/c1-18-26(27(36)34(32-18)19(2)20-8-10-21(28)11-9-20)31-30-22-12-14-24(15-13-22)39(37,38)33-25-16-17-29-35(25)23-6-4-3-5-7-23/h3-17,32-33H,2H2,1H3. The van der Waals surface area contributed by atoms with E-state index in [0.717, 1.165) is 0 Å². The smallest absolute Gasteiger partial charge is 0.293 e. The quantitative estimate of drug-likeness (QED) is 0.224. The van der Waals surface area contributed by atoms with Crippen LogP contribution in [0.5, 0.6) is 0 Å². The molecule has 196 valence electrons. The van der Waals surface area contributed by atoms with Crippen molar-refractivity contribution in [3.63, 3.8) is 0 Å². The van der Waals surface area contributed by atoms with Crippen LogP contribution in [-0.2, 0) is 10.0 Å². The molecule has 0 saturated heterocycles. The summed E-state index contributed by atoms with van der Waals surface area (Å²) < 4.78 is 31.3. The highest BCUT2D eigenvalue weighted by atomic mass is 35.5. The number of aromatic nitrogens is 4. The van der Waals surface area contributed by atoms with Crippen LogP contribution in [-0.4, -0.2) is 28.0 Å². The number of hydrogen-bond acceptors (Lipinski definition) is 6. The summed E-state index contributed by atoms with van der Waals surface area (Å²) in [7, 11) is -3.91. The average Bonchev–Trinajstić information content (AvgIpc) is 3.51. The van der Waals surface area contributed by atoms with E-state index in [1.807, 2.05) is 30.3 Å². The Morgan fingerprint density at radius 2 is 1.67 bits per heavy atom. The topological polar surface area (TPSA) is 126 Å². The van der Waals surface area contributed by atoms with E-state index in [-0.39, 0.29) is 10.6 Å². The highest BCUT2D eigenvalue weighted by Gasteiger charge is 2.18. The molecule has 5 rings (SSSR count). The fraction of sp³-hybridized carbons (Fsp3) is 0.0370. The largest absolute Gasteiger partial charge is 0.299 e. The van der Waals surface area contributed by atoms with Gasteiger partial charge in [-0.25, -0.2) is 17.8 Å². The lowest BCUT2D eigenvalue weighted by Gasteiger charge is -2.10. The van der Waals surface area contributed by atoms with Gasteiger partial charge in [0.25, 0.3) is 15.6 Å². The number of azo groups is 1. The molecule has 0 unspecified atom stereocenters. The SMILES string of the molecule is C=C(c1ccc(Cl)cc1)n1[nH]c(C)c(N=Nc2ccc(S(=O)(=O)Nc3ccnn3-c3ccccc3)cc2)c1=O. The number of nitrogens with zero attached hydrogens (tertiary/aromatic N) is 5. The number of anilines is 1. The zero-order valence-electron chi connectivity index (χ0n) is 20.6. The third-order valence-electron chi connectivity index (χ3n) is 5.78. The van der Waals surface area contributed by atoms with Crippen LogP contribution in [0.3, 0.4) is 0 Å². The minimum absolute atomic E-state index is 0.0294. The molecule has 0 fully saturated rings. The Balaban J connectivity index is 1.33. The molecule has 10 nitrogen and oxygen atoms in total. The number of benzene rings is 3. The summed E-state index contributed by atoms with van der Waals surface area (Å²) in [5.41, 5.74) is 2.41. The van der Waals surface area contributed by atoms with Gasteiger partial charge >= 0.3 is 0 Å². The Morgan fingerprint density at radius 1 is 0.974 bits per heavy atom. The van der Waals surface area contributed by atoms with Gasteiger partial charge in [0.2, 0.25) is 0 Å². The predicted octanol–water partition coefficient (Wildman–Crippen LogP) is 6.06.